The van der Waals surface area contributed by atoms with Crippen molar-refractivity contribution in [3.8, 4) is 0 Å². The average Bonchev–Trinajstić information content (AvgIpc) is 2.43. The van der Waals surface area contributed by atoms with E-state index in [9.17, 15) is 14.4 Å². The Balaban J connectivity index is 2.69. The van der Waals surface area contributed by atoms with Gasteiger partial charge in [-0.05, 0) is 23.5 Å². The Labute approximate surface area is 129 Å². The molecule has 1 atom stereocenters. The van der Waals surface area contributed by atoms with Crippen LogP contribution in [0.3, 0.4) is 0 Å². The summed E-state index contributed by atoms with van der Waals surface area (Å²) in [6.45, 7) is 7.70. The zero-order chi connectivity index (χ0) is 16.9. The number of aliphatic carboxylic acids is 1. The summed E-state index contributed by atoms with van der Waals surface area (Å²) in [6.07, 6.45) is 0. The second kappa shape index (κ2) is 7.06. The Morgan fingerprint density at radius 2 is 1.73 bits per heavy atom. The number of carboxylic acids is 1. The first-order valence-corrected chi connectivity index (χ1v) is 7.03. The normalized spacial score (nSPS) is 12.4. The fraction of sp³-hybridized carbons (Fsp3) is 0.438. The predicted octanol–water partition coefficient (Wildman–Crippen LogP) is 1.19. The number of benzene rings is 1. The molecular weight excluding hydrogens is 284 g/mol. The highest BCUT2D eigenvalue weighted by molar-refractivity contribution is 6.35. The van der Waals surface area contributed by atoms with Crippen LogP contribution in [0.25, 0.3) is 0 Å². The van der Waals surface area contributed by atoms with Crippen molar-refractivity contribution in [2.24, 2.45) is 0 Å². The summed E-state index contributed by atoms with van der Waals surface area (Å²) in [5, 5.41) is 13.3. The van der Waals surface area contributed by atoms with Gasteiger partial charge in [-0.1, -0.05) is 45.0 Å². The van der Waals surface area contributed by atoms with Crippen molar-refractivity contribution >= 4 is 17.8 Å². The Hall–Kier alpha value is -2.37. The Morgan fingerprint density at radius 3 is 2.27 bits per heavy atom. The van der Waals surface area contributed by atoms with Crippen LogP contribution in [0.15, 0.2) is 24.3 Å². The highest BCUT2D eigenvalue weighted by Crippen LogP contribution is 2.25. The van der Waals surface area contributed by atoms with Gasteiger partial charge in [0.15, 0.2) is 0 Å². The molecule has 22 heavy (non-hydrogen) atoms. The summed E-state index contributed by atoms with van der Waals surface area (Å²) in [4.78, 5) is 33.9. The van der Waals surface area contributed by atoms with Crippen LogP contribution in [0, 0.1) is 0 Å². The third-order valence-electron chi connectivity index (χ3n) is 3.19. The minimum absolute atomic E-state index is 0.0819. The van der Waals surface area contributed by atoms with Crippen LogP contribution in [-0.4, -0.2) is 28.9 Å². The van der Waals surface area contributed by atoms with Gasteiger partial charge in [0.1, 0.15) is 6.04 Å². The Morgan fingerprint density at radius 1 is 1.14 bits per heavy atom. The molecule has 0 heterocycles. The highest BCUT2D eigenvalue weighted by atomic mass is 16.4. The predicted molar refractivity (Wildman–Crippen MR) is 82.2 cm³/mol. The zero-order valence-electron chi connectivity index (χ0n) is 13.3. The summed E-state index contributed by atoms with van der Waals surface area (Å²) in [7, 11) is 0. The maximum absolute atomic E-state index is 11.7. The molecule has 0 aliphatic heterocycles. The fourth-order valence-electron chi connectivity index (χ4n) is 1.99. The number of rotatable bonds is 4. The van der Waals surface area contributed by atoms with E-state index in [4.69, 9.17) is 5.11 Å². The molecule has 2 amide bonds. The van der Waals surface area contributed by atoms with Crippen molar-refractivity contribution < 1.29 is 19.5 Å². The van der Waals surface area contributed by atoms with Gasteiger partial charge in [-0.25, -0.2) is 0 Å². The van der Waals surface area contributed by atoms with Gasteiger partial charge in [-0.2, -0.15) is 0 Å². The van der Waals surface area contributed by atoms with Gasteiger partial charge in [0.05, 0.1) is 0 Å². The van der Waals surface area contributed by atoms with E-state index >= 15 is 0 Å². The molecule has 0 aromatic heterocycles. The van der Waals surface area contributed by atoms with Gasteiger partial charge in [-0.3, -0.25) is 14.4 Å². The van der Waals surface area contributed by atoms with E-state index in [0.717, 1.165) is 11.1 Å². The molecule has 0 aliphatic rings. The van der Waals surface area contributed by atoms with Crippen molar-refractivity contribution in [2.45, 2.75) is 45.7 Å². The number of amides is 2. The van der Waals surface area contributed by atoms with E-state index in [2.05, 4.69) is 31.4 Å². The van der Waals surface area contributed by atoms with Crippen molar-refractivity contribution in [1.82, 2.24) is 10.6 Å². The van der Waals surface area contributed by atoms with Crippen LogP contribution in [-0.2, 0) is 26.3 Å². The second-order valence-corrected chi connectivity index (χ2v) is 6.12. The average molecular weight is 306 g/mol. The minimum atomic E-state index is -1.20. The van der Waals surface area contributed by atoms with Gasteiger partial charge in [-0.15, -0.1) is 0 Å². The molecule has 0 saturated heterocycles. The van der Waals surface area contributed by atoms with Crippen LogP contribution in [0.4, 0.5) is 0 Å². The number of carboxylic acid groups (broad SMARTS) is 1. The molecule has 1 aromatic rings. The van der Waals surface area contributed by atoms with E-state index in [0.29, 0.717) is 0 Å². The van der Waals surface area contributed by atoms with Crippen LogP contribution < -0.4 is 10.6 Å². The van der Waals surface area contributed by atoms with Gasteiger partial charge in [0.25, 0.3) is 0 Å². The molecule has 0 aliphatic carbocycles. The fourth-order valence-corrected chi connectivity index (χ4v) is 1.99. The lowest BCUT2D eigenvalue weighted by Crippen LogP contribution is -2.46. The molecule has 0 radical (unpaired) electrons. The third-order valence-corrected chi connectivity index (χ3v) is 3.19. The monoisotopic (exact) mass is 306 g/mol. The summed E-state index contributed by atoms with van der Waals surface area (Å²) >= 11 is 0. The van der Waals surface area contributed by atoms with Crippen molar-refractivity contribution in [3.63, 3.8) is 0 Å². The zero-order valence-corrected chi connectivity index (χ0v) is 13.3. The van der Waals surface area contributed by atoms with E-state index in [1.54, 1.807) is 0 Å². The second-order valence-electron chi connectivity index (χ2n) is 6.12. The van der Waals surface area contributed by atoms with E-state index in [-0.39, 0.29) is 12.0 Å². The van der Waals surface area contributed by atoms with E-state index in [1.807, 2.05) is 24.3 Å². The van der Waals surface area contributed by atoms with Crippen molar-refractivity contribution in [2.75, 3.05) is 0 Å². The molecule has 0 fully saturated rings. The van der Waals surface area contributed by atoms with Gasteiger partial charge in [0, 0.05) is 6.54 Å². The molecule has 120 valence electrons. The van der Waals surface area contributed by atoms with Gasteiger partial charge < -0.3 is 15.7 Å². The molecule has 1 rings (SSSR count). The lowest BCUT2D eigenvalue weighted by Gasteiger charge is -2.23. The molecular formula is C16H22N2O4. The summed E-state index contributed by atoms with van der Waals surface area (Å²) in [6, 6.07) is 6.54. The van der Waals surface area contributed by atoms with Crippen molar-refractivity contribution in [1.29, 1.82) is 0 Å². The maximum Gasteiger partial charge on any atom is 0.325 e. The summed E-state index contributed by atoms with van der Waals surface area (Å²) in [5.41, 5.74) is 1.92. The molecule has 0 spiro atoms. The largest absolute Gasteiger partial charge is 0.480 e. The van der Waals surface area contributed by atoms with E-state index < -0.39 is 23.8 Å². The van der Waals surface area contributed by atoms with Crippen LogP contribution >= 0.6 is 0 Å². The first-order valence-electron chi connectivity index (χ1n) is 7.03. The highest BCUT2D eigenvalue weighted by Gasteiger charge is 2.21. The molecule has 0 unspecified atom stereocenters. The standard InChI is InChI=1S/C16H22N2O4/c1-10(15(21)22)18-14(20)13(19)17-9-11-7-5-6-8-12(11)16(2,3)4/h5-8,10H,9H2,1-4H3,(H,17,19)(H,18,20)(H,21,22)/t10-/m0/s1. The quantitative estimate of drug-likeness (QED) is 0.728. The summed E-state index contributed by atoms with van der Waals surface area (Å²) < 4.78 is 0. The first kappa shape index (κ1) is 17.7. The number of hydrogen-bond acceptors (Lipinski definition) is 3. The minimum Gasteiger partial charge on any atom is -0.480 e. The van der Waals surface area contributed by atoms with Crippen molar-refractivity contribution in [3.05, 3.63) is 35.4 Å². The topological polar surface area (TPSA) is 95.5 Å². The van der Waals surface area contributed by atoms with Gasteiger partial charge >= 0.3 is 17.8 Å². The number of hydrogen-bond donors (Lipinski definition) is 3. The van der Waals surface area contributed by atoms with Crippen LogP contribution in [0.2, 0.25) is 0 Å². The Kier molecular flexibility index (Phi) is 5.68. The third kappa shape index (κ3) is 4.87. The van der Waals surface area contributed by atoms with Gasteiger partial charge in [0.2, 0.25) is 0 Å². The smallest absolute Gasteiger partial charge is 0.325 e. The number of nitrogens with one attached hydrogen (secondary N) is 2. The lowest BCUT2D eigenvalue weighted by molar-refractivity contribution is -0.144. The van der Waals surface area contributed by atoms with E-state index in [1.165, 1.54) is 6.92 Å². The van der Waals surface area contributed by atoms with Crippen LogP contribution in [0.1, 0.15) is 38.8 Å². The number of carbonyl (C=O) groups excluding carboxylic acids is 2. The molecule has 6 heteroatoms. The summed E-state index contributed by atoms with van der Waals surface area (Å²) in [5.74, 6) is -3.00. The molecule has 0 saturated carbocycles. The first-order chi connectivity index (χ1) is 10.1. The maximum atomic E-state index is 11.7. The number of carbonyl (C=O) groups is 3. The Bertz CT molecular complexity index is 576. The van der Waals surface area contributed by atoms with Crippen LogP contribution in [0.5, 0.6) is 0 Å². The SMILES string of the molecule is C[C@H](NC(=O)C(=O)NCc1ccccc1C(C)(C)C)C(=O)O. The molecule has 6 nitrogen and oxygen atoms in total. The molecule has 0 bridgehead atoms. The molecule has 3 N–H and O–H groups in total. The lowest BCUT2D eigenvalue weighted by atomic mass is 9.84. The molecule has 1 aromatic carbocycles.